The number of nitrogens with zero attached hydrogens (tertiary/aromatic N) is 2. The van der Waals surface area contributed by atoms with E-state index in [9.17, 15) is 9.59 Å². The van der Waals surface area contributed by atoms with E-state index in [-0.39, 0.29) is 18.4 Å². The minimum atomic E-state index is -0.394. The average Bonchev–Trinajstić information content (AvgIpc) is 2.73. The van der Waals surface area contributed by atoms with Gasteiger partial charge in [-0.3, -0.25) is 19.6 Å². The van der Waals surface area contributed by atoms with Gasteiger partial charge in [0.05, 0.1) is 0 Å². The van der Waals surface area contributed by atoms with Gasteiger partial charge < -0.3 is 16.4 Å². The molecule has 2 amide bonds. The third kappa shape index (κ3) is 4.96. The standard InChI is InChI=1S/C20H19N5O2/c21-17(13-24-20(27)18-3-1-2-10-23-18)14-4-6-15(7-5-14)19(26)25-16-8-11-22-12-9-16/h1-12,17H,13,21H2,(H,24,27)(H,22,25,26). The summed E-state index contributed by atoms with van der Waals surface area (Å²) in [5.41, 5.74) is 8.47. The second kappa shape index (κ2) is 8.68. The van der Waals surface area contributed by atoms with Crippen LogP contribution in [0.2, 0.25) is 0 Å². The molecule has 1 unspecified atom stereocenters. The van der Waals surface area contributed by atoms with Crippen LogP contribution in [0.5, 0.6) is 0 Å². The van der Waals surface area contributed by atoms with E-state index in [1.54, 1.807) is 73.2 Å². The molecular weight excluding hydrogens is 342 g/mol. The van der Waals surface area contributed by atoms with Crippen LogP contribution in [0.3, 0.4) is 0 Å². The Morgan fingerprint density at radius 1 is 0.926 bits per heavy atom. The fraction of sp³-hybridized carbons (Fsp3) is 0.100. The summed E-state index contributed by atoms with van der Waals surface area (Å²) in [6, 6.07) is 15.1. The maximum absolute atomic E-state index is 12.2. The van der Waals surface area contributed by atoms with Gasteiger partial charge in [0.15, 0.2) is 0 Å². The molecule has 7 heteroatoms. The van der Waals surface area contributed by atoms with E-state index < -0.39 is 6.04 Å². The molecule has 0 spiro atoms. The molecule has 3 aromatic rings. The second-order valence-electron chi connectivity index (χ2n) is 5.84. The van der Waals surface area contributed by atoms with Crippen molar-refractivity contribution in [3.63, 3.8) is 0 Å². The lowest BCUT2D eigenvalue weighted by Gasteiger charge is -2.14. The Hall–Kier alpha value is -3.58. The number of rotatable bonds is 6. The molecule has 0 aliphatic heterocycles. The summed E-state index contributed by atoms with van der Waals surface area (Å²) in [6.45, 7) is 0.262. The van der Waals surface area contributed by atoms with Gasteiger partial charge in [-0.25, -0.2) is 0 Å². The smallest absolute Gasteiger partial charge is 0.269 e. The minimum Gasteiger partial charge on any atom is -0.349 e. The molecule has 7 nitrogen and oxygen atoms in total. The summed E-state index contributed by atoms with van der Waals surface area (Å²) < 4.78 is 0. The monoisotopic (exact) mass is 361 g/mol. The number of amides is 2. The third-order valence-electron chi connectivity index (χ3n) is 3.92. The van der Waals surface area contributed by atoms with Crippen LogP contribution in [-0.2, 0) is 0 Å². The number of nitrogens with two attached hydrogens (primary N) is 1. The molecule has 136 valence electrons. The number of nitrogens with one attached hydrogen (secondary N) is 2. The van der Waals surface area contributed by atoms with Gasteiger partial charge in [-0.2, -0.15) is 0 Å². The number of carbonyl (C=O) groups is 2. The number of anilines is 1. The van der Waals surface area contributed by atoms with Gasteiger partial charge in [0.1, 0.15) is 5.69 Å². The van der Waals surface area contributed by atoms with Crippen molar-refractivity contribution in [3.8, 4) is 0 Å². The summed E-state index contributed by atoms with van der Waals surface area (Å²) in [5, 5.41) is 5.55. The zero-order valence-electron chi connectivity index (χ0n) is 14.5. The van der Waals surface area contributed by atoms with E-state index in [2.05, 4.69) is 20.6 Å². The number of pyridine rings is 2. The summed E-state index contributed by atoms with van der Waals surface area (Å²) in [5.74, 6) is -0.496. The largest absolute Gasteiger partial charge is 0.349 e. The lowest BCUT2D eigenvalue weighted by molar-refractivity contribution is 0.0945. The lowest BCUT2D eigenvalue weighted by Crippen LogP contribution is -2.32. The predicted octanol–water partition coefficient (Wildman–Crippen LogP) is 2.16. The van der Waals surface area contributed by atoms with Crippen LogP contribution in [0, 0.1) is 0 Å². The summed E-state index contributed by atoms with van der Waals surface area (Å²) in [6.07, 6.45) is 4.78. The molecule has 1 aromatic carbocycles. The van der Waals surface area contributed by atoms with Crippen LogP contribution in [0.1, 0.15) is 32.5 Å². The fourth-order valence-corrected chi connectivity index (χ4v) is 2.43. The Morgan fingerprint density at radius 2 is 1.67 bits per heavy atom. The van der Waals surface area contributed by atoms with Gasteiger partial charge in [0.25, 0.3) is 11.8 Å². The predicted molar refractivity (Wildman–Crippen MR) is 102 cm³/mol. The number of aromatic nitrogens is 2. The van der Waals surface area contributed by atoms with Crippen LogP contribution < -0.4 is 16.4 Å². The molecular formula is C20H19N5O2. The minimum absolute atomic E-state index is 0.218. The molecule has 0 saturated carbocycles. The lowest BCUT2D eigenvalue weighted by atomic mass is 10.0. The quantitative estimate of drug-likeness (QED) is 0.623. The van der Waals surface area contributed by atoms with E-state index >= 15 is 0 Å². The van der Waals surface area contributed by atoms with E-state index in [0.717, 1.165) is 5.56 Å². The summed E-state index contributed by atoms with van der Waals surface area (Å²) in [4.78, 5) is 32.2. The van der Waals surface area contributed by atoms with Crippen molar-refractivity contribution in [1.82, 2.24) is 15.3 Å². The Morgan fingerprint density at radius 3 is 2.33 bits per heavy atom. The summed E-state index contributed by atoms with van der Waals surface area (Å²) in [7, 11) is 0. The molecule has 0 radical (unpaired) electrons. The normalized spacial score (nSPS) is 11.4. The zero-order valence-corrected chi connectivity index (χ0v) is 14.5. The van der Waals surface area contributed by atoms with E-state index in [1.165, 1.54) is 0 Å². The van der Waals surface area contributed by atoms with Crippen LogP contribution in [-0.4, -0.2) is 28.3 Å². The first-order valence-corrected chi connectivity index (χ1v) is 8.39. The van der Waals surface area contributed by atoms with E-state index in [0.29, 0.717) is 16.9 Å². The van der Waals surface area contributed by atoms with Crippen molar-refractivity contribution in [3.05, 3.63) is 90.0 Å². The van der Waals surface area contributed by atoms with Gasteiger partial charge in [0.2, 0.25) is 0 Å². The highest BCUT2D eigenvalue weighted by atomic mass is 16.2. The highest BCUT2D eigenvalue weighted by molar-refractivity contribution is 6.04. The molecule has 2 aromatic heterocycles. The Balaban J connectivity index is 1.56. The highest BCUT2D eigenvalue weighted by Gasteiger charge is 2.12. The molecule has 4 N–H and O–H groups in total. The molecule has 1 atom stereocenters. The first kappa shape index (κ1) is 18.2. The van der Waals surface area contributed by atoms with Crippen molar-refractivity contribution in [2.45, 2.75) is 6.04 Å². The Bertz CT molecular complexity index is 899. The average molecular weight is 361 g/mol. The van der Waals surface area contributed by atoms with Crippen LogP contribution >= 0.6 is 0 Å². The van der Waals surface area contributed by atoms with Crippen molar-refractivity contribution < 1.29 is 9.59 Å². The van der Waals surface area contributed by atoms with Crippen molar-refractivity contribution in [2.75, 3.05) is 11.9 Å². The molecule has 27 heavy (non-hydrogen) atoms. The first-order valence-electron chi connectivity index (χ1n) is 8.39. The Labute approximate surface area is 156 Å². The van der Waals surface area contributed by atoms with Gasteiger partial charge in [0, 0.05) is 42.4 Å². The zero-order chi connectivity index (χ0) is 19.1. The third-order valence-corrected chi connectivity index (χ3v) is 3.92. The fourth-order valence-electron chi connectivity index (χ4n) is 2.43. The molecule has 0 fully saturated rings. The van der Waals surface area contributed by atoms with E-state index in [4.69, 9.17) is 5.73 Å². The van der Waals surface area contributed by atoms with Gasteiger partial charge in [-0.15, -0.1) is 0 Å². The number of benzene rings is 1. The van der Waals surface area contributed by atoms with Crippen LogP contribution in [0.15, 0.2) is 73.2 Å². The van der Waals surface area contributed by atoms with Gasteiger partial charge >= 0.3 is 0 Å². The SMILES string of the molecule is NC(CNC(=O)c1ccccn1)c1ccc(C(=O)Nc2ccncc2)cc1. The summed E-state index contributed by atoms with van der Waals surface area (Å²) >= 11 is 0. The number of carbonyl (C=O) groups excluding carboxylic acids is 2. The number of hydrogen-bond donors (Lipinski definition) is 3. The van der Waals surface area contributed by atoms with Gasteiger partial charge in [-0.1, -0.05) is 18.2 Å². The second-order valence-corrected chi connectivity index (χ2v) is 5.84. The van der Waals surface area contributed by atoms with Crippen molar-refractivity contribution in [1.29, 1.82) is 0 Å². The topological polar surface area (TPSA) is 110 Å². The van der Waals surface area contributed by atoms with Gasteiger partial charge in [-0.05, 0) is 42.0 Å². The first-order chi connectivity index (χ1) is 13.1. The molecule has 0 aliphatic carbocycles. The molecule has 2 heterocycles. The van der Waals surface area contributed by atoms with E-state index in [1.807, 2.05) is 0 Å². The highest BCUT2D eigenvalue weighted by Crippen LogP contribution is 2.13. The molecule has 0 bridgehead atoms. The van der Waals surface area contributed by atoms with Crippen molar-refractivity contribution in [2.24, 2.45) is 5.73 Å². The number of hydrogen-bond acceptors (Lipinski definition) is 5. The van der Waals surface area contributed by atoms with Crippen LogP contribution in [0.4, 0.5) is 5.69 Å². The molecule has 3 rings (SSSR count). The molecule has 0 saturated heterocycles. The maximum atomic E-state index is 12.2. The van der Waals surface area contributed by atoms with Crippen LogP contribution in [0.25, 0.3) is 0 Å². The Kier molecular flexibility index (Phi) is 5.86. The molecule has 0 aliphatic rings. The van der Waals surface area contributed by atoms with Crippen molar-refractivity contribution >= 4 is 17.5 Å². The maximum Gasteiger partial charge on any atom is 0.269 e.